The summed E-state index contributed by atoms with van der Waals surface area (Å²) in [6.07, 6.45) is 1.91. The summed E-state index contributed by atoms with van der Waals surface area (Å²) in [7, 11) is 0. The molecule has 0 aromatic heterocycles. The topological polar surface area (TPSA) is 38.3 Å². The molecular formula is C12H16ClNO2. The Morgan fingerprint density at radius 3 is 2.44 bits per heavy atom. The second-order valence-electron chi connectivity index (χ2n) is 3.72. The number of carbonyl (C=O) groups is 1. The average molecular weight is 242 g/mol. The molecule has 1 aromatic rings. The van der Waals surface area contributed by atoms with Crippen LogP contribution in [0.4, 0.5) is 0 Å². The van der Waals surface area contributed by atoms with Gasteiger partial charge in [0.05, 0.1) is 5.56 Å². The van der Waals surface area contributed by atoms with Crippen molar-refractivity contribution in [1.29, 1.82) is 0 Å². The third-order valence-corrected chi connectivity index (χ3v) is 2.57. The lowest BCUT2D eigenvalue weighted by molar-refractivity contribution is 0.0229. The van der Waals surface area contributed by atoms with Crippen LogP contribution in [0.25, 0.3) is 0 Å². The number of hydrogen-bond donors (Lipinski definition) is 1. The SMILES string of the molecule is Cl.O=C(OC1CCNCC1)c1ccccc1. The molecule has 88 valence electrons. The minimum Gasteiger partial charge on any atom is -0.459 e. The van der Waals surface area contributed by atoms with E-state index >= 15 is 0 Å². The molecule has 0 saturated carbocycles. The minimum atomic E-state index is -0.206. The van der Waals surface area contributed by atoms with Gasteiger partial charge in [-0.1, -0.05) is 18.2 Å². The fourth-order valence-corrected chi connectivity index (χ4v) is 1.71. The first-order chi connectivity index (χ1) is 7.36. The molecule has 1 fully saturated rings. The van der Waals surface area contributed by atoms with E-state index in [1.807, 2.05) is 18.2 Å². The largest absolute Gasteiger partial charge is 0.459 e. The van der Waals surface area contributed by atoms with Crippen molar-refractivity contribution in [3.63, 3.8) is 0 Å². The lowest BCUT2D eigenvalue weighted by Gasteiger charge is -2.22. The van der Waals surface area contributed by atoms with Gasteiger partial charge in [-0.3, -0.25) is 0 Å². The van der Waals surface area contributed by atoms with Gasteiger partial charge in [0.1, 0.15) is 6.10 Å². The standard InChI is InChI=1S/C12H15NO2.ClH/c14-12(10-4-2-1-3-5-10)15-11-6-8-13-9-7-11;/h1-5,11,13H,6-9H2;1H. The second kappa shape index (κ2) is 6.51. The van der Waals surface area contributed by atoms with E-state index in [1.54, 1.807) is 12.1 Å². The van der Waals surface area contributed by atoms with Crippen LogP contribution in [0.5, 0.6) is 0 Å². The van der Waals surface area contributed by atoms with Crippen molar-refractivity contribution < 1.29 is 9.53 Å². The van der Waals surface area contributed by atoms with E-state index in [0.717, 1.165) is 25.9 Å². The number of ether oxygens (including phenoxy) is 1. The maximum atomic E-state index is 11.7. The van der Waals surface area contributed by atoms with E-state index in [4.69, 9.17) is 4.74 Å². The first kappa shape index (κ1) is 13.0. The highest BCUT2D eigenvalue weighted by molar-refractivity contribution is 5.89. The molecule has 0 amide bonds. The van der Waals surface area contributed by atoms with Crippen molar-refractivity contribution >= 4 is 18.4 Å². The Kier molecular flexibility index (Phi) is 5.29. The predicted molar refractivity (Wildman–Crippen MR) is 65.0 cm³/mol. The first-order valence-electron chi connectivity index (χ1n) is 5.33. The minimum absolute atomic E-state index is 0. The molecule has 2 rings (SSSR count). The predicted octanol–water partition coefficient (Wildman–Crippen LogP) is 2.02. The van der Waals surface area contributed by atoms with Crippen LogP contribution in [-0.4, -0.2) is 25.2 Å². The quantitative estimate of drug-likeness (QED) is 0.806. The van der Waals surface area contributed by atoms with Crippen LogP contribution in [0.15, 0.2) is 30.3 Å². The molecule has 1 aliphatic heterocycles. The average Bonchev–Trinajstić information content (AvgIpc) is 2.31. The van der Waals surface area contributed by atoms with Gasteiger partial charge in [-0.15, -0.1) is 12.4 Å². The fraction of sp³-hybridized carbons (Fsp3) is 0.417. The van der Waals surface area contributed by atoms with Crippen molar-refractivity contribution in [3.8, 4) is 0 Å². The summed E-state index contributed by atoms with van der Waals surface area (Å²) in [6, 6.07) is 9.15. The van der Waals surface area contributed by atoms with Crippen molar-refractivity contribution in [1.82, 2.24) is 5.32 Å². The van der Waals surface area contributed by atoms with E-state index in [2.05, 4.69) is 5.32 Å². The third-order valence-electron chi connectivity index (χ3n) is 2.57. The summed E-state index contributed by atoms with van der Waals surface area (Å²) in [6.45, 7) is 1.87. The summed E-state index contributed by atoms with van der Waals surface area (Å²) in [5.74, 6) is -0.206. The molecule has 0 aliphatic carbocycles. The first-order valence-corrected chi connectivity index (χ1v) is 5.33. The smallest absolute Gasteiger partial charge is 0.338 e. The number of piperidine rings is 1. The van der Waals surface area contributed by atoms with Crippen molar-refractivity contribution in [2.45, 2.75) is 18.9 Å². The van der Waals surface area contributed by atoms with E-state index in [9.17, 15) is 4.79 Å². The van der Waals surface area contributed by atoms with E-state index < -0.39 is 0 Å². The molecule has 4 heteroatoms. The molecule has 0 bridgehead atoms. The number of nitrogens with one attached hydrogen (secondary N) is 1. The highest BCUT2D eigenvalue weighted by Crippen LogP contribution is 2.10. The third kappa shape index (κ3) is 3.51. The Morgan fingerprint density at radius 2 is 1.81 bits per heavy atom. The van der Waals surface area contributed by atoms with Crippen LogP contribution >= 0.6 is 12.4 Å². The van der Waals surface area contributed by atoms with Crippen molar-refractivity contribution in [2.24, 2.45) is 0 Å². The molecule has 1 aliphatic rings. The number of esters is 1. The molecule has 3 nitrogen and oxygen atoms in total. The van der Waals surface area contributed by atoms with Gasteiger partial charge in [-0.2, -0.15) is 0 Å². The van der Waals surface area contributed by atoms with Gasteiger partial charge in [0, 0.05) is 0 Å². The van der Waals surface area contributed by atoms with E-state index in [-0.39, 0.29) is 24.5 Å². The molecular weight excluding hydrogens is 226 g/mol. The molecule has 1 aromatic carbocycles. The summed E-state index contributed by atoms with van der Waals surface area (Å²) >= 11 is 0. The zero-order valence-corrected chi connectivity index (χ0v) is 9.83. The highest BCUT2D eigenvalue weighted by Gasteiger charge is 2.17. The van der Waals surface area contributed by atoms with E-state index in [1.165, 1.54) is 0 Å². The maximum Gasteiger partial charge on any atom is 0.338 e. The molecule has 1 heterocycles. The fourth-order valence-electron chi connectivity index (χ4n) is 1.71. The number of carbonyl (C=O) groups excluding carboxylic acids is 1. The Hall–Kier alpha value is -1.06. The van der Waals surface area contributed by atoms with Crippen LogP contribution in [0.2, 0.25) is 0 Å². The van der Waals surface area contributed by atoms with Gasteiger partial charge < -0.3 is 10.1 Å². The van der Waals surface area contributed by atoms with Crippen LogP contribution in [0, 0.1) is 0 Å². The zero-order valence-electron chi connectivity index (χ0n) is 9.02. The van der Waals surface area contributed by atoms with Crippen LogP contribution < -0.4 is 5.32 Å². The monoisotopic (exact) mass is 241 g/mol. The molecule has 1 saturated heterocycles. The van der Waals surface area contributed by atoms with Crippen LogP contribution in [-0.2, 0) is 4.74 Å². The van der Waals surface area contributed by atoms with E-state index in [0.29, 0.717) is 5.56 Å². The summed E-state index contributed by atoms with van der Waals surface area (Å²) in [5.41, 5.74) is 0.635. The highest BCUT2D eigenvalue weighted by atomic mass is 35.5. The second-order valence-corrected chi connectivity index (χ2v) is 3.72. The molecule has 16 heavy (non-hydrogen) atoms. The summed E-state index contributed by atoms with van der Waals surface area (Å²) in [5, 5.41) is 3.24. The van der Waals surface area contributed by atoms with Crippen LogP contribution in [0.1, 0.15) is 23.2 Å². The number of hydrogen-bond acceptors (Lipinski definition) is 3. The molecule has 0 radical (unpaired) electrons. The number of halogens is 1. The van der Waals surface area contributed by atoms with Gasteiger partial charge in [0.15, 0.2) is 0 Å². The van der Waals surface area contributed by atoms with Gasteiger partial charge in [-0.05, 0) is 38.1 Å². The molecule has 0 spiro atoms. The zero-order chi connectivity index (χ0) is 10.5. The Morgan fingerprint density at radius 1 is 1.19 bits per heavy atom. The van der Waals surface area contributed by atoms with Crippen LogP contribution in [0.3, 0.4) is 0 Å². The Labute approximate surface area is 102 Å². The molecule has 1 N–H and O–H groups in total. The Balaban J connectivity index is 0.00000128. The van der Waals surface area contributed by atoms with Gasteiger partial charge in [0.25, 0.3) is 0 Å². The summed E-state index contributed by atoms with van der Waals surface area (Å²) in [4.78, 5) is 11.7. The van der Waals surface area contributed by atoms with Gasteiger partial charge >= 0.3 is 5.97 Å². The molecule has 0 atom stereocenters. The maximum absolute atomic E-state index is 11.7. The number of benzene rings is 1. The van der Waals surface area contributed by atoms with Gasteiger partial charge in [0.2, 0.25) is 0 Å². The lowest BCUT2D eigenvalue weighted by atomic mass is 10.1. The van der Waals surface area contributed by atoms with Gasteiger partial charge in [-0.25, -0.2) is 4.79 Å². The normalized spacial score (nSPS) is 16.2. The van der Waals surface area contributed by atoms with Crippen molar-refractivity contribution in [3.05, 3.63) is 35.9 Å². The molecule has 0 unspecified atom stereocenters. The lowest BCUT2D eigenvalue weighted by Crippen LogP contribution is -2.33. The number of rotatable bonds is 2. The van der Waals surface area contributed by atoms with Crippen molar-refractivity contribution in [2.75, 3.05) is 13.1 Å². The Bertz CT molecular complexity index is 323. The summed E-state index contributed by atoms with van der Waals surface area (Å²) < 4.78 is 5.40.